The molecular formula is C20H27ClN2O4. The number of hydrogen-bond acceptors (Lipinski definition) is 5. The number of ether oxygens (including phenoxy) is 2. The van der Waals surface area contributed by atoms with Crippen LogP contribution >= 0.6 is 11.6 Å². The van der Waals surface area contributed by atoms with Gasteiger partial charge in [-0.2, -0.15) is 0 Å². The number of amides is 1. The predicted octanol–water partition coefficient (Wildman–Crippen LogP) is 3.05. The first-order valence-corrected chi connectivity index (χ1v) is 10.0. The summed E-state index contributed by atoms with van der Waals surface area (Å²) in [7, 11) is 1.57. The van der Waals surface area contributed by atoms with Gasteiger partial charge in [-0.3, -0.25) is 4.79 Å². The van der Waals surface area contributed by atoms with Crippen molar-refractivity contribution in [3.63, 3.8) is 0 Å². The average molecular weight is 395 g/mol. The maximum absolute atomic E-state index is 12.5. The molecule has 2 aliphatic carbocycles. The Morgan fingerprint density at radius 1 is 1.33 bits per heavy atom. The Kier molecular flexibility index (Phi) is 4.75. The van der Waals surface area contributed by atoms with Crippen LogP contribution in [0.1, 0.15) is 45.4 Å². The Morgan fingerprint density at radius 3 is 2.59 bits per heavy atom. The molecule has 3 aliphatic rings. The summed E-state index contributed by atoms with van der Waals surface area (Å²) in [6.45, 7) is 3.49. The van der Waals surface area contributed by atoms with Crippen molar-refractivity contribution in [1.82, 2.24) is 9.88 Å². The van der Waals surface area contributed by atoms with E-state index in [9.17, 15) is 9.90 Å². The molecule has 0 atom stereocenters. The molecule has 148 valence electrons. The molecule has 1 aliphatic heterocycles. The molecule has 2 saturated carbocycles. The fraction of sp³-hybridized carbons (Fsp3) is 0.700. The molecule has 1 N–H and O–H groups in total. The lowest BCUT2D eigenvalue weighted by atomic mass is 9.66. The quantitative estimate of drug-likeness (QED) is 0.849. The van der Waals surface area contributed by atoms with Crippen LogP contribution in [0.5, 0.6) is 11.6 Å². The number of likely N-dealkylation sites (tertiary alicyclic amines) is 1. The first-order chi connectivity index (χ1) is 12.8. The second-order valence-electron chi connectivity index (χ2n) is 8.75. The zero-order chi connectivity index (χ0) is 19.2. The van der Waals surface area contributed by atoms with E-state index in [1.54, 1.807) is 26.3 Å². The van der Waals surface area contributed by atoms with Crippen molar-refractivity contribution < 1.29 is 19.4 Å². The summed E-state index contributed by atoms with van der Waals surface area (Å²) in [5, 5.41) is 10.3. The smallest absolute Gasteiger partial charge is 0.236 e. The highest BCUT2D eigenvalue weighted by atomic mass is 35.5. The van der Waals surface area contributed by atoms with Gasteiger partial charge in [-0.1, -0.05) is 11.6 Å². The standard InChI is InChI=1S/C20H27ClN2O4/c1-19(25)9-13(10-19)18(24)23-11-20(12-23)6-3-14(4-7-20)27-17-16(21)15(26-2)5-8-22-17/h5,8,13-14,25H,3-4,6-7,9-12H2,1-2H3/t13-,19+. The van der Waals surface area contributed by atoms with Crippen LogP contribution in [0, 0.1) is 11.3 Å². The second kappa shape index (κ2) is 6.82. The van der Waals surface area contributed by atoms with Crippen molar-refractivity contribution in [2.75, 3.05) is 20.2 Å². The van der Waals surface area contributed by atoms with Crippen molar-refractivity contribution in [2.45, 2.75) is 57.2 Å². The first-order valence-electron chi connectivity index (χ1n) is 9.67. The summed E-state index contributed by atoms with van der Waals surface area (Å²) in [6.07, 6.45) is 6.90. The van der Waals surface area contributed by atoms with Gasteiger partial charge in [-0.25, -0.2) is 4.98 Å². The maximum Gasteiger partial charge on any atom is 0.236 e. The summed E-state index contributed by atoms with van der Waals surface area (Å²) >= 11 is 6.27. The number of pyridine rings is 1. The highest BCUT2D eigenvalue weighted by molar-refractivity contribution is 6.33. The normalized spacial score (nSPS) is 29.8. The molecule has 0 bridgehead atoms. The van der Waals surface area contributed by atoms with Crippen LogP contribution in [0.2, 0.25) is 5.02 Å². The molecule has 4 rings (SSSR count). The number of carbonyl (C=O) groups is 1. The Bertz CT molecular complexity index is 715. The Hall–Kier alpha value is -1.53. The van der Waals surface area contributed by atoms with Crippen molar-refractivity contribution in [3.05, 3.63) is 17.3 Å². The lowest BCUT2D eigenvalue weighted by molar-refractivity contribution is -0.164. The van der Waals surface area contributed by atoms with Crippen LogP contribution in [-0.2, 0) is 4.79 Å². The number of hydrogen-bond donors (Lipinski definition) is 1. The molecule has 0 aromatic carbocycles. The van der Waals surface area contributed by atoms with Gasteiger partial charge in [-0.05, 0) is 45.4 Å². The van der Waals surface area contributed by atoms with Gasteiger partial charge in [0.15, 0.2) is 0 Å². The Balaban J connectivity index is 1.26. The van der Waals surface area contributed by atoms with Crippen molar-refractivity contribution in [1.29, 1.82) is 0 Å². The third-order valence-corrected chi connectivity index (χ3v) is 6.75. The third-order valence-electron chi connectivity index (χ3n) is 6.40. The van der Waals surface area contributed by atoms with Crippen LogP contribution < -0.4 is 9.47 Å². The summed E-state index contributed by atoms with van der Waals surface area (Å²) in [5.74, 6) is 1.23. The molecule has 1 amide bonds. The van der Waals surface area contributed by atoms with E-state index in [0.29, 0.717) is 29.5 Å². The number of aliphatic hydroxyl groups is 1. The van der Waals surface area contributed by atoms with Crippen LogP contribution in [0.25, 0.3) is 0 Å². The first kappa shape index (κ1) is 18.8. The van der Waals surface area contributed by atoms with E-state index in [-0.39, 0.29) is 23.3 Å². The maximum atomic E-state index is 12.5. The van der Waals surface area contributed by atoms with E-state index >= 15 is 0 Å². The Morgan fingerprint density at radius 2 is 2.00 bits per heavy atom. The number of rotatable bonds is 4. The summed E-state index contributed by atoms with van der Waals surface area (Å²) in [4.78, 5) is 18.7. The number of methoxy groups -OCH3 is 1. The van der Waals surface area contributed by atoms with E-state index < -0.39 is 5.60 Å². The van der Waals surface area contributed by atoms with Crippen molar-refractivity contribution in [2.24, 2.45) is 11.3 Å². The van der Waals surface area contributed by atoms with Gasteiger partial charge in [0, 0.05) is 36.7 Å². The molecule has 1 spiro atoms. The van der Waals surface area contributed by atoms with Crippen molar-refractivity contribution >= 4 is 17.5 Å². The zero-order valence-electron chi connectivity index (χ0n) is 15.9. The third kappa shape index (κ3) is 3.61. The minimum Gasteiger partial charge on any atom is -0.495 e. The molecule has 27 heavy (non-hydrogen) atoms. The molecule has 0 radical (unpaired) electrons. The highest BCUT2D eigenvalue weighted by Gasteiger charge is 2.51. The summed E-state index contributed by atoms with van der Waals surface area (Å²) < 4.78 is 11.2. The topological polar surface area (TPSA) is 71.9 Å². The molecule has 2 heterocycles. The van der Waals surface area contributed by atoms with Crippen LogP contribution in [-0.4, -0.2) is 52.8 Å². The molecule has 3 fully saturated rings. The lowest BCUT2D eigenvalue weighted by Crippen LogP contribution is -2.63. The second-order valence-corrected chi connectivity index (χ2v) is 9.12. The van der Waals surface area contributed by atoms with Gasteiger partial charge in [-0.15, -0.1) is 0 Å². The zero-order valence-corrected chi connectivity index (χ0v) is 16.7. The fourth-order valence-corrected chi connectivity index (χ4v) is 5.03. The van der Waals surface area contributed by atoms with Gasteiger partial charge < -0.3 is 19.5 Å². The number of nitrogens with zero attached hydrogens (tertiary/aromatic N) is 2. The predicted molar refractivity (Wildman–Crippen MR) is 101 cm³/mol. The number of aromatic nitrogens is 1. The van der Waals surface area contributed by atoms with Crippen LogP contribution in [0.3, 0.4) is 0 Å². The van der Waals surface area contributed by atoms with Crippen LogP contribution in [0.4, 0.5) is 0 Å². The molecule has 1 aromatic rings. The van der Waals surface area contributed by atoms with Crippen LogP contribution in [0.15, 0.2) is 12.3 Å². The number of carbonyl (C=O) groups excluding carboxylic acids is 1. The minimum atomic E-state index is -0.645. The van der Waals surface area contributed by atoms with Gasteiger partial charge in [0.25, 0.3) is 0 Å². The van der Waals surface area contributed by atoms with Gasteiger partial charge in [0.05, 0.1) is 12.7 Å². The van der Waals surface area contributed by atoms with E-state index in [4.69, 9.17) is 21.1 Å². The van der Waals surface area contributed by atoms with E-state index in [2.05, 4.69) is 4.98 Å². The summed E-state index contributed by atoms with van der Waals surface area (Å²) in [5.41, 5.74) is -0.402. The highest BCUT2D eigenvalue weighted by Crippen LogP contribution is 2.47. The lowest BCUT2D eigenvalue weighted by Gasteiger charge is -2.55. The molecule has 6 nitrogen and oxygen atoms in total. The van der Waals surface area contributed by atoms with Gasteiger partial charge in [0.1, 0.15) is 16.9 Å². The number of halogens is 1. The average Bonchev–Trinajstić information content (AvgIpc) is 2.59. The monoisotopic (exact) mass is 394 g/mol. The summed E-state index contributed by atoms with van der Waals surface area (Å²) in [6, 6.07) is 1.71. The fourth-order valence-electron chi connectivity index (χ4n) is 4.80. The van der Waals surface area contributed by atoms with Gasteiger partial charge in [0.2, 0.25) is 11.8 Å². The van der Waals surface area contributed by atoms with E-state index in [1.165, 1.54) is 0 Å². The molecular weight excluding hydrogens is 368 g/mol. The van der Waals surface area contributed by atoms with Gasteiger partial charge >= 0.3 is 0 Å². The van der Waals surface area contributed by atoms with E-state index in [1.807, 2.05) is 4.90 Å². The molecule has 1 aromatic heterocycles. The SMILES string of the molecule is COc1ccnc(OC2CCC3(CC2)CN(C(=O)[C@H]2C[C@@](C)(O)C2)C3)c1Cl. The molecule has 7 heteroatoms. The van der Waals surface area contributed by atoms with E-state index in [0.717, 1.165) is 38.8 Å². The molecule has 1 saturated heterocycles. The minimum absolute atomic E-state index is 0.0123. The van der Waals surface area contributed by atoms with Crippen molar-refractivity contribution in [3.8, 4) is 11.6 Å². The Labute approximate surface area is 164 Å². The molecule has 0 unspecified atom stereocenters. The largest absolute Gasteiger partial charge is 0.495 e.